The molecule has 0 radical (unpaired) electrons. The molecule has 0 aliphatic heterocycles. The highest BCUT2D eigenvalue weighted by Gasteiger charge is 2.25. The summed E-state index contributed by atoms with van der Waals surface area (Å²) < 4.78 is 4.06. The summed E-state index contributed by atoms with van der Waals surface area (Å²) in [5.41, 5.74) is 3.03. The van der Waals surface area contributed by atoms with E-state index in [4.69, 9.17) is 0 Å². The van der Waals surface area contributed by atoms with Gasteiger partial charge in [0.25, 0.3) is 5.91 Å². The van der Waals surface area contributed by atoms with E-state index >= 15 is 0 Å². The second-order valence-electron chi connectivity index (χ2n) is 6.81. The molecule has 0 atom stereocenters. The molecule has 6 nitrogen and oxygen atoms in total. The molecule has 130 valence electrons. The molecule has 3 rings (SSSR count). The normalized spacial score (nSPS) is 14.6. The van der Waals surface area contributed by atoms with Crippen LogP contribution in [-0.4, -0.2) is 26.3 Å². The zero-order valence-electron chi connectivity index (χ0n) is 15.1. The van der Waals surface area contributed by atoms with Crippen LogP contribution in [0, 0.1) is 25.2 Å². The number of carbonyl (C=O) groups is 1. The predicted molar refractivity (Wildman–Crippen MR) is 96.2 cm³/mol. The zero-order chi connectivity index (χ0) is 18.1. The average molecular weight is 337 g/mol. The van der Waals surface area contributed by atoms with Crippen molar-refractivity contribution in [3.63, 3.8) is 0 Å². The molecule has 0 bridgehead atoms. The number of nitriles is 1. The van der Waals surface area contributed by atoms with Crippen LogP contribution in [-0.2, 0) is 4.79 Å². The molecule has 25 heavy (non-hydrogen) atoms. The van der Waals surface area contributed by atoms with E-state index in [-0.39, 0.29) is 23.6 Å². The number of rotatable bonds is 5. The molecule has 2 aromatic heterocycles. The quantitative estimate of drug-likeness (QED) is 0.673. The topological polar surface area (TPSA) is 75.6 Å². The number of aryl methyl sites for hydroxylation is 1. The highest BCUT2D eigenvalue weighted by atomic mass is 16.1. The van der Waals surface area contributed by atoms with Crippen molar-refractivity contribution in [3.05, 3.63) is 40.9 Å². The Balaban J connectivity index is 1.99. The summed E-state index contributed by atoms with van der Waals surface area (Å²) in [4.78, 5) is 12.2. The van der Waals surface area contributed by atoms with Crippen LogP contribution in [0.4, 0.5) is 0 Å². The fourth-order valence-electron chi connectivity index (χ4n) is 2.96. The minimum absolute atomic E-state index is 0.143. The van der Waals surface area contributed by atoms with E-state index in [1.165, 1.54) is 0 Å². The van der Waals surface area contributed by atoms with Crippen molar-refractivity contribution in [3.8, 4) is 11.9 Å². The Bertz CT molecular complexity index is 874. The summed E-state index contributed by atoms with van der Waals surface area (Å²) >= 11 is 0. The molecule has 1 aliphatic carbocycles. The molecule has 1 saturated carbocycles. The van der Waals surface area contributed by atoms with Crippen LogP contribution in [0.25, 0.3) is 11.9 Å². The second-order valence-corrected chi connectivity index (χ2v) is 6.81. The number of aromatic nitrogens is 3. The largest absolute Gasteiger partial charge is 0.349 e. The van der Waals surface area contributed by atoms with Crippen molar-refractivity contribution in [2.24, 2.45) is 0 Å². The number of hydrogen-bond donors (Lipinski definition) is 1. The summed E-state index contributed by atoms with van der Waals surface area (Å²) in [7, 11) is 0. The molecular weight excluding hydrogens is 314 g/mol. The van der Waals surface area contributed by atoms with Crippen molar-refractivity contribution in [2.45, 2.75) is 52.6 Å². The van der Waals surface area contributed by atoms with Crippen LogP contribution >= 0.6 is 0 Å². The Kier molecular flexibility index (Phi) is 4.49. The zero-order valence-corrected chi connectivity index (χ0v) is 15.1. The Morgan fingerprint density at radius 2 is 2.16 bits per heavy atom. The molecule has 0 saturated heterocycles. The van der Waals surface area contributed by atoms with Crippen LogP contribution in [0.1, 0.15) is 49.7 Å². The highest BCUT2D eigenvalue weighted by Crippen LogP contribution is 2.25. The first-order valence-corrected chi connectivity index (χ1v) is 8.58. The fraction of sp³-hybridized carbons (Fsp3) is 0.421. The highest BCUT2D eigenvalue weighted by molar-refractivity contribution is 6.02. The van der Waals surface area contributed by atoms with Crippen LogP contribution in [0.5, 0.6) is 0 Å². The summed E-state index contributed by atoms with van der Waals surface area (Å²) in [5.74, 6) is 0.688. The van der Waals surface area contributed by atoms with Crippen LogP contribution < -0.4 is 5.32 Å². The van der Waals surface area contributed by atoms with Gasteiger partial charge in [-0.3, -0.25) is 4.79 Å². The number of amides is 1. The van der Waals surface area contributed by atoms with Crippen molar-refractivity contribution >= 4 is 12.0 Å². The molecule has 0 spiro atoms. The van der Waals surface area contributed by atoms with Gasteiger partial charge >= 0.3 is 0 Å². The van der Waals surface area contributed by atoms with Crippen LogP contribution in [0.2, 0.25) is 0 Å². The van der Waals surface area contributed by atoms with Gasteiger partial charge in [0, 0.05) is 29.5 Å². The number of carbonyl (C=O) groups excluding carboxylic acids is 1. The van der Waals surface area contributed by atoms with Crippen LogP contribution in [0.15, 0.2) is 23.9 Å². The Morgan fingerprint density at radius 1 is 1.44 bits per heavy atom. The predicted octanol–water partition coefficient (Wildman–Crippen LogP) is 3.06. The molecule has 0 unspecified atom stereocenters. The minimum Gasteiger partial charge on any atom is -0.349 e. The lowest BCUT2D eigenvalue weighted by atomic mass is 10.1. The van der Waals surface area contributed by atoms with E-state index in [9.17, 15) is 10.1 Å². The monoisotopic (exact) mass is 337 g/mol. The first-order chi connectivity index (χ1) is 11.9. The van der Waals surface area contributed by atoms with Gasteiger partial charge in [0.1, 0.15) is 17.5 Å². The molecule has 1 amide bonds. The average Bonchev–Trinajstić information content (AvgIpc) is 3.15. The van der Waals surface area contributed by atoms with Crippen molar-refractivity contribution in [1.29, 1.82) is 5.26 Å². The van der Waals surface area contributed by atoms with Gasteiger partial charge in [-0.2, -0.15) is 10.4 Å². The summed E-state index contributed by atoms with van der Waals surface area (Å²) in [6.45, 7) is 8.17. The molecule has 1 N–H and O–H groups in total. The van der Waals surface area contributed by atoms with E-state index < -0.39 is 0 Å². The number of nitrogens with one attached hydrogen (secondary N) is 1. The van der Waals surface area contributed by atoms with Crippen LogP contribution in [0.3, 0.4) is 0 Å². The maximum atomic E-state index is 12.2. The van der Waals surface area contributed by atoms with Gasteiger partial charge in [-0.15, -0.1) is 0 Å². The van der Waals surface area contributed by atoms with E-state index in [0.717, 1.165) is 35.6 Å². The number of hydrogen-bond acceptors (Lipinski definition) is 3. The smallest absolute Gasteiger partial charge is 0.262 e. The summed E-state index contributed by atoms with van der Waals surface area (Å²) in [5, 5.41) is 16.6. The van der Waals surface area contributed by atoms with E-state index in [1.54, 1.807) is 12.3 Å². The standard InChI is InChI=1S/C19H23N5O/c1-12(2)24-18(7-8-21-24)23-13(3)9-15(14(23)4)10-16(11-20)19(25)22-17-5-6-17/h7-10,12,17H,5-6H2,1-4H3,(H,22,25)/b16-10+. The van der Waals surface area contributed by atoms with Gasteiger partial charge < -0.3 is 9.88 Å². The van der Waals surface area contributed by atoms with E-state index in [1.807, 2.05) is 36.7 Å². The Morgan fingerprint density at radius 3 is 2.76 bits per heavy atom. The molecule has 0 aromatic carbocycles. The SMILES string of the molecule is Cc1cc(/C=C(\C#N)C(=O)NC2CC2)c(C)n1-c1ccnn1C(C)C. The minimum atomic E-state index is -0.290. The third kappa shape index (κ3) is 3.36. The molecular formula is C19H23N5O. The van der Waals surface area contributed by atoms with E-state index in [2.05, 4.69) is 28.8 Å². The van der Waals surface area contributed by atoms with E-state index in [0.29, 0.717) is 0 Å². The van der Waals surface area contributed by atoms with Crippen molar-refractivity contribution in [1.82, 2.24) is 19.7 Å². The van der Waals surface area contributed by atoms with Gasteiger partial charge in [-0.1, -0.05) is 0 Å². The number of nitrogens with zero attached hydrogens (tertiary/aromatic N) is 4. The summed E-state index contributed by atoms with van der Waals surface area (Å²) in [6, 6.07) is 6.46. The van der Waals surface area contributed by atoms with Gasteiger partial charge in [0.2, 0.25) is 0 Å². The second kappa shape index (κ2) is 6.60. The first kappa shape index (κ1) is 17.0. The lowest BCUT2D eigenvalue weighted by Crippen LogP contribution is -2.26. The Hall–Kier alpha value is -2.81. The lowest BCUT2D eigenvalue weighted by Gasteiger charge is -2.15. The van der Waals surface area contributed by atoms with Gasteiger partial charge in [0.15, 0.2) is 0 Å². The fourth-order valence-corrected chi connectivity index (χ4v) is 2.96. The molecule has 1 fully saturated rings. The Labute approximate surface area is 147 Å². The van der Waals surface area contributed by atoms with Gasteiger partial charge in [0.05, 0.1) is 6.20 Å². The van der Waals surface area contributed by atoms with Crippen molar-refractivity contribution < 1.29 is 4.79 Å². The van der Waals surface area contributed by atoms with Crippen molar-refractivity contribution in [2.75, 3.05) is 0 Å². The maximum absolute atomic E-state index is 12.2. The first-order valence-electron chi connectivity index (χ1n) is 8.58. The van der Waals surface area contributed by atoms with Gasteiger partial charge in [-0.05, 0) is 58.2 Å². The third-order valence-electron chi connectivity index (χ3n) is 4.42. The molecule has 1 aliphatic rings. The molecule has 2 heterocycles. The third-order valence-corrected chi connectivity index (χ3v) is 4.42. The van der Waals surface area contributed by atoms with Gasteiger partial charge in [-0.25, -0.2) is 4.68 Å². The molecule has 6 heteroatoms. The lowest BCUT2D eigenvalue weighted by molar-refractivity contribution is -0.117. The summed E-state index contributed by atoms with van der Waals surface area (Å²) in [6.07, 6.45) is 5.45. The maximum Gasteiger partial charge on any atom is 0.262 e. The molecule has 2 aromatic rings.